The molecule has 0 fully saturated rings. The van der Waals surface area contributed by atoms with Crippen LogP contribution in [0.2, 0.25) is 0 Å². The Morgan fingerprint density at radius 1 is 1.15 bits per heavy atom. The molecule has 0 unspecified atom stereocenters. The van der Waals surface area contributed by atoms with Crippen molar-refractivity contribution in [2.75, 3.05) is 6.54 Å². The van der Waals surface area contributed by atoms with Crippen LogP contribution in [-0.4, -0.2) is 11.4 Å². The van der Waals surface area contributed by atoms with Gasteiger partial charge in [-0.15, -0.1) is 11.3 Å². The largest absolute Gasteiger partial charge is 0.295 e. The first-order valence-electron chi connectivity index (χ1n) is 5.02. The zero-order chi connectivity index (χ0) is 9.42. The number of hydrogen-bond acceptors (Lipinski definition) is 2. The van der Waals surface area contributed by atoms with Gasteiger partial charge in [-0.05, 0) is 37.9 Å². The Labute approximate surface area is 84.4 Å². The molecule has 1 aliphatic heterocycles. The van der Waals surface area contributed by atoms with Crippen LogP contribution in [0.1, 0.15) is 34.2 Å². The van der Waals surface area contributed by atoms with Gasteiger partial charge in [-0.2, -0.15) is 0 Å². The van der Waals surface area contributed by atoms with Crippen molar-refractivity contribution >= 4 is 11.3 Å². The second-order valence-electron chi connectivity index (χ2n) is 3.88. The predicted molar refractivity (Wildman–Crippen MR) is 58.2 cm³/mol. The lowest BCUT2D eigenvalue weighted by atomic mass is 10.2. The van der Waals surface area contributed by atoms with E-state index in [0.717, 1.165) is 0 Å². The molecular formula is C11H17NS. The van der Waals surface area contributed by atoms with E-state index in [0.29, 0.717) is 0 Å². The van der Waals surface area contributed by atoms with Gasteiger partial charge >= 0.3 is 0 Å². The number of nitrogens with zero attached hydrogens (tertiary/aromatic N) is 1. The van der Waals surface area contributed by atoms with Gasteiger partial charge in [-0.3, -0.25) is 4.90 Å². The van der Waals surface area contributed by atoms with Crippen LogP contribution < -0.4 is 0 Å². The third-order valence-corrected chi connectivity index (χ3v) is 3.93. The Morgan fingerprint density at radius 3 is 2.15 bits per heavy atom. The van der Waals surface area contributed by atoms with Crippen molar-refractivity contribution in [1.29, 1.82) is 0 Å². The van der Waals surface area contributed by atoms with E-state index in [9.17, 15) is 0 Å². The van der Waals surface area contributed by atoms with E-state index < -0.39 is 0 Å². The van der Waals surface area contributed by atoms with Crippen LogP contribution in [-0.2, 0) is 13.1 Å². The van der Waals surface area contributed by atoms with Crippen LogP contribution in [0, 0.1) is 13.8 Å². The average Bonchev–Trinajstić information content (AvgIpc) is 2.57. The lowest BCUT2D eigenvalue weighted by Crippen LogP contribution is -2.17. The van der Waals surface area contributed by atoms with Crippen LogP contribution in [0.3, 0.4) is 0 Å². The summed E-state index contributed by atoms with van der Waals surface area (Å²) in [6.07, 6.45) is 1.27. The maximum Gasteiger partial charge on any atom is 0.0251 e. The molecule has 0 aliphatic carbocycles. The number of hydrogen-bond donors (Lipinski definition) is 0. The zero-order valence-corrected chi connectivity index (χ0v) is 9.50. The highest BCUT2D eigenvalue weighted by Crippen LogP contribution is 2.34. The molecule has 0 aromatic carbocycles. The van der Waals surface area contributed by atoms with Crippen LogP contribution in [0.25, 0.3) is 0 Å². The van der Waals surface area contributed by atoms with Crippen LogP contribution in [0.15, 0.2) is 0 Å². The van der Waals surface area contributed by atoms with Crippen LogP contribution in [0.5, 0.6) is 0 Å². The van der Waals surface area contributed by atoms with E-state index in [1.807, 2.05) is 11.3 Å². The monoisotopic (exact) mass is 195 g/mol. The van der Waals surface area contributed by atoms with Gasteiger partial charge < -0.3 is 0 Å². The molecule has 1 aliphatic rings. The van der Waals surface area contributed by atoms with E-state index >= 15 is 0 Å². The smallest absolute Gasteiger partial charge is 0.0251 e. The number of fused-ring (bicyclic) bond motifs is 1. The summed E-state index contributed by atoms with van der Waals surface area (Å²) in [4.78, 5) is 5.62. The third-order valence-electron chi connectivity index (χ3n) is 2.82. The lowest BCUT2D eigenvalue weighted by molar-refractivity contribution is 0.284. The molecule has 0 spiro atoms. The normalized spacial score (nSPS) is 16.5. The second-order valence-corrected chi connectivity index (χ2v) is 5.31. The minimum absolute atomic E-state index is 1.19. The van der Waals surface area contributed by atoms with Gasteiger partial charge in [0.1, 0.15) is 0 Å². The van der Waals surface area contributed by atoms with E-state index in [2.05, 4.69) is 25.7 Å². The van der Waals surface area contributed by atoms with Gasteiger partial charge in [0.05, 0.1) is 0 Å². The fraction of sp³-hybridized carbons (Fsp3) is 0.636. The van der Waals surface area contributed by atoms with Gasteiger partial charge in [0, 0.05) is 22.8 Å². The van der Waals surface area contributed by atoms with Gasteiger partial charge in [0.15, 0.2) is 0 Å². The molecular weight excluding hydrogens is 178 g/mol. The number of rotatable bonds is 2. The molecule has 0 atom stereocenters. The lowest BCUT2D eigenvalue weighted by Gasteiger charge is -2.13. The van der Waals surface area contributed by atoms with Gasteiger partial charge in [0.25, 0.3) is 0 Å². The van der Waals surface area contributed by atoms with Gasteiger partial charge in [-0.25, -0.2) is 0 Å². The van der Waals surface area contributed by atoms with Crippen molar-refractivity contribution in [3.63, 3.8) is 0 Å². The Balaban J connectivity index is 2.21. The van der Waals surface area contributed by atoms with E-state index in [-0.39, 0.29) is 0 Å². The maximum absolute atomic E-state index is 2.55. The molecule has 0 saturated heterocycles. The summed E-state index contributed by atoms with van der Waals surface area (Å²) in [5.41, 5.74) is 3.24. The van der Waals surface area contributed by atoms with Crippen molar-refractivity contribution in [3.05, 3.63) is 20.9 Å². The summed E-state index contributed by atoms with van der Waals surface area (Å²) in [7, 11) is 0. The maximum atomic E-state index is 2.55. The summed E-state index contributed by atoms with van der Waals surface area (Å²) < 4.78 is 0. The second kappa shape index (κ2) is 3.43. The van der Waals surface area contributed by atoms with Gasteiger partial charge in [-0.1, -0.05) is 6.92 Å². The summed E-state index contributed by atoms with van der Waals surface area (Å²) in [5, 5.41) is 0. The van der Waals surface area contributed by atoms with Crippen molar-refractivity contribution in [2.45, 2.75) is 40.3 Å². The third kappa shape index (κ3) is 1.53. The number of thiophene rings is 1. The minimum Gasteiger partial charge on any atom is -0.295 e. The first-order valence-corrected chi connectivity index (χ1v) is 5.84. The first-order chi connectivity index (χ1) is 6.22. The quantitative estimate of drug-likeness (QED) is 0.701. The number of aryl methyl sites for hydroxylation is 2. The molecule has 0 N–H and O–H groups in total. The molecule has 1 nitrogen and oxygen atoms in total. The minimum atomic E-state index is 1.19. The Kier molecular flexibility index (Phi) is 2.43. The Bertz CT molecular complexity index is 288. The molecule has 2 rings (SSSR count). The Hall–Kier alpha value is -0.340. The molecule has 2 heterocycles. The molecule has 1 aromatic rings. The highest BCUT2D eigenvalue weighted by Gasteiger charge is 2.23. The summed E-state index contributed by atoms with van der Waals surface area (Å²) >= 11 is 1.97. The summed E-state index contributed by atoms with van der Waals surface area (Å²) in [5.74, 6) is 0. The topological polar surface area (TPSA) is 3.24 Å². The fourth-order valence-corrected chi connectivity index (χ4v) is 3.25. The van der Waals surface area contributed by atoms with Crippen molar-refractivity contribution in [3.8, 4) is 0 Å². The summed E-state index contributed by atoms with van der Waals surface area (Å²) in [6.45, 7) is 10.4. The van der Waals surface area contributed by atoms with Crippen molar-refractivity contribution in [1.82, 2.24) is 4.90 Å². The standard InChI is InChI=1S/C11H17NS/c1-4-5-12-6-10-8(2)13-9(3)11(10)7-12/h4-7H2,1-3H3. The van der Waals surface area contributed by atoms with Gasteiger partial charge in [0.2, 0.25) is 0 Å². The molecule has 13 heavy (non-hydrogen) atoms. The SMILES string of the molecule is CCCN1Cc2c(C)sc(C)c2C1. The van der Waals surface area contributed by atoms with Crippen molar-refractivity contribution in [2.24, 2.45) is 0 Å². The molecule has 0 amide bonds. The van der Waals surface area contributed by atoms with E-state index in [1.165, 1.54) is 35.8 Å². The molecule has 0 bridgehead atoms. The Morgan fingerprint density at radius 2 is 1.69 bits per heavy atom. The van der Waals surface area contributed by atoms with E-state index in [1.54, 1.807) is 11.1 Å². The molecule has 0 radical (unpaired) electrons. The average molecular weight is 195 g/mol. The van der Waals surface area contributed by atoms with Crippen LogP contribution >= 0.6 is 11.3 Å². The predicted octanol–water partition coefficient (Wildman–Crippen LogP) is 3.09. The summed E-state index contributed by atoms with van der Waals surface area (Å²) in [6, 6.07) is 0. The van der Waals surface area contributed by atoms with Crippen LogP contribution in [0.4, 0.5) is 0 Å². The zero-order valence-electron chi connectivity index (χ0n) is 8.68. The molecule has 72 valence electrons. The highest BCUT2D eigenvalue weighted by molar-refractivity contribution is 7.12. The highest BCUT2D eigenvalue weighted by atomic mass is 32.1. The molecule has 2 heteroatoms. The molecule has 0 saturated carbocycles. The van der Waals surface area contributed by atoms with E-state index in [4.69, 9.17) is 0 Å². The van der Waals surface area contributed by atoms with Crippen molar-refractivity contribution < 1.29 is 0 Å². The first kappa shape index (κ1) is 9.22. The molecule has 1 aromatic heterocycles. The fourth-order valence-electron chi connectivity index (χ4n) is 2.17.